The second-order valence-corrected chi connectivity index (χ2v) is 9.84. The molecule has 14 heteroatoms. The zero-order chi connectivity index (χ0) is 27.1. The first-order valence-corrected chi connectivity index (χ1v) is 13.2. The van der Waals surface area contributed by atoms with Gasteiger partial charge in [-0.25, -0.2) is 0 Å². The second-order valence-electron chi connectivity index (χ2n) is 7.95. The van der Waals surface area contributed by atoms with E-state index in [1.807, 2.05) is 38.4 Å². The summed E-state index contributed by atoms with van der Waals surface area (Å²) in [6, 6.07) is 11.0. The van der Waals surface area contributed by atoms with Crippen molar-refractivity contribution in [2.24, 2.45) is 14.1 Å². The maximum absolute atomic E-state index is 12.5. The van der Waals surface area contributed by atoms with Gasteiger partial charge in [0, 0.05) is 14.1 Å². The standard InChI is InChI=1S/C24H26N8O4S2/c1-31-13-25-29-23(31)37-11-21(33)27-17-7-5-15(9-19(17)35-3)16-6-8-18(20(10-16)36-4)28-22(34)12-38-24-30-26-14-32(24)2/h5-10,13-14H,11-12H2,1-4H3,(H,27,33)(H,28,34). The van der Waals surface area contributed by atoms with Gasteiger partial charge in [0.05, 0.1) is 37.1 Å². The third kappa shape index (κ3) is 6.63. The van der Waals surface area contributed by atoms with Gasteiger partial charge in [-0.1, -0.05) is 35.7 Å². The number of carbonyl (C=O) groups is 2. The van der Waals surface area contributed by atoms with Crippen molar-refractivity contribution in [2.75, 3.05) is 36.4 Å². The number of nitrogens with one attached hydrogen (secondary N) is 2. The van der Waals surface area contributed by atoms with E-state index in [4.69, 9.17) is 9.47 Å². The molecule has 2 aromatic carbocycles. The molecular formula is C24H26N8O4S2. The van der Waals surface area contributed by atoms with Crippen LogP contribution in [0.3, 0.4) is 0 Å². The molecule has 0 aliphatic rings. The van der Waals surface area contributed by atoms with Gasteiger partial charge in [-0.15, -0.1) is 20.4 Å². The topological polar surface area (TPSA) is 138 Å². The number of aryl methyl sites for hydroxylation is 2. The molecule has 2 aromatic heterocycles. The maximum Gasteiger partial charge on any atom is 0.234 e. The molecule has 2 heterocycles. The van der Waals surface area contributed by atoms with Gasteiger partial charge < -0.3 is 29.2 Å². The van der Waals surface area contributed by atoms with E-state index in [9.17, 15) is 9.59 Å². The highest BCUT2D eigenvalue weighted by atomic mass is 32.2. The van der Waals surface area contributed by atoms with Crippen molar-refractivity contribution in [2.45, 2.75) is 10.3 Å². The molecular weight excluding hydrogens is 528 g/mol. The highest BCUT2D eigenvalue weighted by molar-refractivity contribution is 8.00. The highest BCUT2D eigenvalue weighted by Gasteiger charge is 2.14. The first-order valence-electron chi connectivity index (χ1n) is 11.3. The van der Waals surface area contributed by atoms with E-state index in [2.05, 4.69) is 31.0 Å². The van der Waals surface area contributed by atoms with Crippen molar-refractivity contribution in [3.8, 4) is 22.6 Å². The van der Waals surface area contributed by atoms with Crippen LogP contribution in [0, 0.1) is 0 Å². The first kappa shape index (κ1) is 27.0. The number of benzene rings is 2. The number of aromatic nitrogens is 6. The Labute approximate surface area is 227 Å². The van der Waals surface area contributed by atoms with Gasteiger partial charge in [0.2, 0.25) is 11.8 Å². The van der Waals surface area contributed by atoms with Crippen molar-refractivity contribution >= 4 is 46.7 Å². The summed E-state index contributed by atoms with van der Waals surface area (Å²) in [7, 11) is 6.72. The van der Waals surface area contributed by atoms with Crippen LogP contribution >= 0.6 is 23.5 Å². The van der Waals surface area contributed by atoms with Gasteiger partial charge in [-0.05, 0) is 35.4 Å². The van der Waals surface area contributed by atoms with Gasteiger partial charge in [0.1, 0.15) is 24.2 Å². The van der Waals surface area contributed by atoms with Crippen LogP contribution in [0.25, 0.3) is 11.1 Å². The number of rotatable bonds is 11. The van der Waals surface area contributed by atoms with Crippen LogP contribution < -0.4 is 20.1 Å². The Kier molecular flexibility index (Phi) is 8.86. The molecule has 12 nitrogen and oxygen atoms in total. The smallest absolute Gasteiger partial charge is 0.234 e. The third-order valence-corrected chi connectivity index (χ3v) is 7.36. The van der Waals surface area contributed by atoms with E-state index in [0.29, 0.717) is 33.2 Å². The van der Waals surface area contributed by atoms with Crippen molar-refractivity contribution < 1.29 is 19.1 Å². The molecule has 0 aliphatic heterocycles. The number of nitrogens with zero attached hydrogens (tertiary/aromatic N) is 6. The number of methoxy groups -OCH3 is 2. The Morgan fingerprint density at radius 2 is 1.18 bits per heavy atom. The fraction of sp³-hybridized carbons (Fsp3) is 0.250. The lowest BCUT2D eigenvalue weighted by Crippen LogP contribution is -2.15. The van der Waals surface area contributed by atoms with E-state index < -0.39 is 0 Å². The number of anilines is 2. The summed E-state index contributed by atoms with van der Waals surface area (Å²) in [4.78, 5) is 25.0. The molecule has 0 saturated heterocycles. The number of hydrogen-bond donors (Lipinski definition) is 2. The van der Waals surface area contributed by atoms with Crippen molar-refractivity contribution in [1.82, 2.24) is 29.5 Å². The molecule has 38 heavy (non-hydrogen) atoms. The van der Waals surface area contributed by atoms with Crippen LogP contribution in [0.4, 0.5) is 11.4 Å². The monoisotopic (exact) mass is 554 g/mol. The minimum absolute atomic E-state index is 0.179. The number of hydrogen-bond acceptors (Lipinski definition) is 10. The third-order valence-electron chi connectivity index (χ3n) is 5.29. The van der Waals surface area contributed by atoms with E-state index in [0.717, 1.165) is 11.1 Å². The Morgan fingerprint density at radius 3 is 1.53 bits per heavy atom. The quantitative estimate of drug-likeness (QED) is 0.266. The summed E-state index contributed by atoms with van der Waals surface area (Å²) in [6.07, 6.45) is 3.16. The molecule has 2 amide bonds. The predicted molar refractivity (Wildman–Crippen MR) is 146 cm³/mol. The van der Waals surface area contributed by atoms with Crippen LogP contribution in [-0.4, -0.2) is 67.1 Å². The summed E-state index contributed by atoms with van der Waals surface area (Å²) in [5, 5.41) is 22.6. The molecule has 0 bridgehead atoms. The largest absolute Gasteiger partial charge is 0.495 e. The highest BCUT2D eigenvalue weighted by Crippen LogP contribution is 2.35. The van der Waals surface area contributed by atoms with Gasteiger partial charge >= 0.3 is 0 Å². The minimum Gasteiger partial charge on any atom is -0.495 e. The lowest BCUT2D eigenvalue weighted by Gasteiger charge is -2.14. The van der Waals surface area contributed by atoms with E-state index >= 15 is 0 Å². The Balaban J connectivity index is 1.42. The molecule has 0 spiro atoms. The molecule has 0 fully saturated rings. The number of thioether (sulfide) groups is 2. The zero-order valence-corrected chi connectivity index (χ0v) is 22.8. The molecule has 0 atom stereocenters. The van der Waals surface area contributed by atoms with Crippen molar-refractivity contribution in [3.63, 3.8) is 0 Å². The molecule has 0 unspecified atom stereocenters. The van der Waals surface area contributed by atoms with Crippen molar-refractivity contribution in [1.29, 1.82) is 0 Å². The van der Waals surface area contributed by atoms with Crippen LogP contribution in [0.15, 0.2) is 59.4 Å². The summed E-state index contributed by atoms with van der Waals surface area (Å²) in [5.74, 6) is 0.997. The summed E-state index contributed by atoms with van der Waals surface area (Å²) in [6.45, 7) is 0. The average molecular weight is 555 g/mol. The molecule has 0 aliphatic carbocycles. The molecule has 0 radical (unpaired) electrons. The Hall–Kier alpha value is -4.04. The van der Waals surface area contributed by atoms with E-state index in [-0.39, 0.29) is 23.3 Å². The fourth-order valence-corrected chi connectivity index (χ4v) is 4.76. The summed E-state index contributed by atoms with van der Waals surface area (Å²) < 4.78 is 14.5. The van der Waals surface area contributed by atoms with Crippen LogP contribution in [0.2, 0.25) is 0 Å². The normalized spacial score (nSPS) is 10.7. The maximum atomic E-state index is 12.5. The molecule has 4 aromatic rings. The fourth-order valence-electron chi connectivity index (χ4n) is 3.39. The van der Waals surface area contributed by atoms with Gasteiger partial charge in [-0.2, -0.15) is 0 Å². The summed E-state index contributed by atoms with van der Waals surface area (Å²) in [5.41, 5.74) is 2.80. The Bertz CT molecular complexity index is 1330. The molecule has 198 valence electrons. The first-order chi connectivity index (χ1) is 18.4. The van der Waals surface area contributed by atoms with E-state index in [1.165, 1.54) is 23.5 Å². The number of ether oxygens (including phenoxy) is 2. The lowest BCUT2D eigenvalue weighted by atomic mass is 10.0. The predicted octanol–water partition coefficient (Wildman–Crippen LogP) is 3.09. The van der Waals surface area contributed by atoms with Crippen LogP contribution in [-0.2, 0) is 23.7 Å². The Morgan fingerprint density at radius 1 is 0.763 bits per heavy atom. The van der Waals surface area contributed by atoms with E-state index in [1.54, 1.807) is 48.1 Å². The zero-order valence-electron chi connectivity index (χ0n) is 21.2. The molecule has 2 N–H and O–H groups in total. The number of carbonyl (C=O) groups excluding carboxylic acids is 2. The molecule has 0 saturated carbocycles. The summed E-state index contributed by atoms with van der Waals surface area (Å²) >= 11 is 2.58. The second kappa shape index (κ2) is 12.5. The average Bonchev–Trinajstić information content (AvgIpc) is 3.53. The molecule has 4 rings (SSSR count). The van der Waals surface area contributed by atoms with Gasteiger partial charge in [-0.3, -0.25) is 9.59 Å². The van der Waals surface area contributed by atoms with Crippen molar-refractivity contribution in [3.05, 3.63) is 49.1 Å². The SMILES string of the molecule is COc1cc(-c2ccc(NC(=O)CSc3nncn3C)c(OC)c2)ccc1NC(=O)CSc1nncn1C. The van der Waals surface area contributed by atoms with Gasteiger partial charge in [0.25, 0.3) is 0 Å². The lowest BCUT2D eigenvalue weighted by molar-refractivity contribution is -0.114. The van der Waals surface area contributed by atoms with Crippen LogP contribution in [0.5, 0.6) is 11.5 Å². The van der Waals surface area contributed by atoms with Gasteiger partial charge in [0.15, 0.2) is 10.3 Å². The van der Waals surface area contributed by atoms with Crippen LogP contribution in [0.1, 0.15) is 0 Å². The number of amides is 2. The minimum atomic E-state index is -0.192.